The van der Waals surface area contributed by atoms with Crippen molar-refractivity contribution in [2.75, 3.05) is 0 Å². The molecule has 0 aliphatic heterocycles. The molecule has 10 heterocycles. The molecule has 0 saturated carbocycles. The van der Waals surface area contributed by atoms with Crippen LogP contribution in [0.15, 0.2) is 516 Å². The Bertz CT molecular complexity index is 6100. The molecular weight excluding hydrogens is 2220 g/mol. The van der Waals surface area contributed by atoms with Crippen LogP contribution in [0.5, 0.6) is 0 Å². The minimum Gasteiger partial charge on any atom is -0.295 e. The second-order valence-electron chi connectivity index (χ2n) is 29.2. The van der Waals surface area contributed by atoms with E-state index in [4.69, 9.17) is 13.0 Å². The zero-order chi connectivity index (χ0) is 97.0. The molecule has 0 fully saturated rings. The van der Waals surface area contributed by atoms with Crippen molar-refractivity contribution in [1.29, 1.82) is 0 Å². The summed E-state index contributed by atoms with van der Waals surface area (Å²) in [7, 11) is -4.55. The number of halogens is 4. The Hall–Kier alpha value is -13.4. The summed E-state index contributed by atoms with van der Waals surface area (Å²) in [5.41, 5.74) is 15.3. The molecule has 0 atom stereocenters. The fourth-order valence-electron chi connectivity index (χ4n) is 13.0. The molecule has 10 aromatic heterocycles. The molecule has 21 aromatic rings. The van der Waals surface area contributed by atoms with Crippen LogP contribution in [0.1, 0.15) is 0 Å². The molecule has 0 saturated heterocycles. The Kier molecular flexibility index (Phi) is 51.6. The summed E-state index contributed by atoms with van der Waals surface area (Å²) in [6, 6.07) is 177. The summed E-state index contributed by atoms with van der Waals surface area (Å²) in [5.74, 6) is 0. The number of aromatic nitrogens is 10. The fraction of sp³-hybridized carbons (Fsp3) is 0.00855. The predicted molar refractivity (Wildman–Crippen MR) is 564 cm³/mol. The van der Waals surface area contributed by atoms with Gasteiger partial charge in [0.2, 0.25) is 0 Å². The van der Waals surface area contributed by atoms with E-state index in [9.17, 15) is 13.2 Å². The van der Waals surface area contributed by atoms with E-state index >= 15 is 0 Å². The zero-order valence-corrected chi connectivity index (χ0v) is 86.4. The van der Waals surface area contributed by atoms with E-state index in [1.54, 1.807) is 51.5 Å². The topological polar surface area (TPSA) is 183 Å². The van der Waals surface area contributed by atoms with Crippen LogP contribution < -0.4 is 30.9 Å². The van der Waals surface area contributed by atoms with E-state index in [1.165, 1.54) is 30.9 Å². The second-order valence-corrected chi connectivity index (χ2v) is 34.1. The van der Waals surface area contributed by atoms with Gasteiger partial charge in [0.25, 0.3) is 0 Å². The molecular formula is C117H86BF3IN10Ni5O3SSeSi-5. The summed E-state index contributed by atoms with van der Waals surface area (Å²) >= 11 is 8.52. The largest absolute Gasteiger partial charge is 0.295 e. The van der Waals surface area contributed by atoms with Crippen molar-refractivity contribution in [2.45, 2.75) is 5.51 Å². The third-order valence-corrected chi connectivity index (χ3v) is 23.4. The van der Waals surface area contributed by atoms with Crippen LogP contribution in [-0.2, 0) is 88.4 Å². The first-order valence-electron chi connectivity index (χ1n) is 43.3. The second kappa shape index (κ2) is 64.2. The molecule has 21 rings (SSSR count). The van der Waals surface area contributed by atoms with E-state index in [2.05, 4.69) is 255 Å². The minimum absolute atomic E-state index is 0. The molecule has 3 radical (unpaired) electrons. The maximum Gasteiger partial charge on any atom is 0.154 e. The van der Waals surface area contributed by atoms with Gasteiger partial charge in [0, 0.05) is 96.9 Å². The number of pyridine rings is 10. The molecule has 0 spiro atoms. The molecule has 1 N–H and O–H groups in total. The van der Waals surface area contributed by atoms with Crippen LogP contribution >= 0.6 is 20.5 Å². The van der Waals surface area contributed by atoms with Gasteiger partial charge in [-0.3, -0.25) is 54.4 Å². The van der Waals surface area contributed by atoms with Gasteiger partial charge in [-0.1, -0.05) is 269 Å². The van der Waals surface area contributed by atoms with Crippen molar-refractivity contribution in [3.05, 3.63) is 547 Å². The smallest absolute Gasteiger partial charge is 0.154 e. The normalized spacial score (nSPS) is 9.96. The quantitative estimate of drug-likeness (QED) is 0.0256. The van der Waals surface area contributed by atoms with Crippen LogP contribution in [-0.4, -0.2) is 100 Å². The number of alkyl halides is 3. The van der Waals surface area contributed by atoms with Gasteiger partial charge >= 0.3 is 99.2 Å². The van der Waals surface area contributed by atoms with Gasteiger partial charge < -0.3 is 0 Å². The average molecular weight is 2310 g/mol. The van der Waals surface area contributed by atoms with Gasteiger partial charge in [-0.25, -0.2) is 0 Å². The molecule has 26 heteroatoms. The van der Waals surface area contributed by atoms with Gasteiger partial charge in [-0.2, -0.15) is 21.6 Å². The van der Waals surface area contributed by atoms with Crippen LogP contribution in [0.4, 0.5) is 13.2 Å². The summed E-state index contributed by atoms with van der Waals surface area (Å²) in [4.78, 5) is 44.7. The number of hydrogen-bond acceptors (Lipinski definition) is 12. The van der Waals surface area contributed by atoms with Crippen molar-refractivity contribution < 1.29 is 104 Å². The molecule has 0 unspecified atom stereocenters. The molecule has 0 amide bonds. The maximum atomic E-state index is 10.7. The van der Waals surface area contributed by atoms with Crippen LogP contribution in [0.25, 0.3) is 113 Å². The van der Waals surface area contributed by atoms with Gasteiger partial charge in [0.15, 0.2) is 16.1 Å². The van der Waals surface area contributed by atoms with Crippen molar-refractivity contribution in [1.82, 2.24) is 49.8 Å². The Balaban J connectivity index is 0.000000198. The number of rotatable bonds is 15. The predicted octanol–water partition coefficient (Wildman–Crippen LogP) is 23.3. The summed E-state index contributed by atoms with van der Waals surface area (Å²) in [6.45, 7) is 0. The number of nitrogens with zero attached hydrogens (tertiary/aromatic N) is 10. The van der Waals surface area contributed by atoms with E-state index in [0.717, 1.165) is 113 Å². The Labute approximate surface area is 904 Å². The molecule has 11 aromatic carbocycles. The molecule has 0 aliphatic rings. The third kappa shape index (κ3) is 39.1. The molecule has 0 bridgehead atoms. The third-order valence-electron chi connectivity index (χ3n) is 19.5. The SMILES string of the molecule is O=S(=O)(O)C(F)(F)F.[B](c1ccccc1)c1ccccc1.[Ni].[Ni].[Ni].[Ni].[Ni][I].[Se]c1ccccc1.[c-]1ccccc1-c1cccc(-c2ccccn2)n1.[c-]1ccccc1-c1cccc(-c2ccccn2)n1.[c-]1ccccc1-c1cccc(-c2ccccn2)n1.[c-]1ccccc1-c1cccc(-c2ccccn2)n1.[c-]1ccccc1-c1cccc(-c2ccccn2)n1.c1ccc([Si](c2ccccc2)c2ccccc2)cc1. The first-order valence-corrected chi connectivity index (χ1v) is 50.3. The van der Waals surface area contributed by atoms with Gasteiger partial charge in [-0.05, 0) is 119 Å². The van der Waals surface area contributed by atoms with Gasteiger partial charge in [0.05, 0.1) is 56.9 Å². The van der Waals surface area contributed by atoms with Crippen molar-refractivity contribution in [3.8, 4) is 113 Å². The van der Waals surface area contributed by atoms with E-state index in [0.29, 0.717) is 0 Å². The Morgan fingerprint density at radius 2 is 0.427 bits per heavy atom. The first kappa shape index (κ1) is 115. The molecule has 724 valence electrons. The zero-order valence-electron chi connectivity index (χ0n) is 75.8. The van der Waals surface area contributed by atoms with Gasteiger partial charge in [0.1, 0.15) is 0 Å². The van der Waals surface area contributed by atoms with Crippen LogP contribution in [0, 0.1) is 30.3 Å². The monoisotopic (exact) mass is 2300 g/mol. The molecule has 13 nitrogen and oxygen atoms in total. The van der Waals surface area contributed by atoms with Crippen molar-refractivity contribution in [2.24, 2.45) is 0 Å². The van der Waals surface area contributed by atoms with Crippen LogP contribution in [0.3, 0.4) is 0 Å². The van der Waals surface area contributed by atoms with Crippen molar-refractivity contribution in [3.63, 3.8) is 0 Å². The first-order chi connectivity index (χ1) is 68.2. The van der Waals surface area contributed by atoms with Crippen LogP contribution in [0.2, 0.25) is 0 Å². The van der Waals surface area contributed by atoms with Crippen molar-refractivity contribution >= 4 is 93.6 Å². The number of benzene rings is 11. The minimum atomic E-state index is -5.84. The van der Waals surface area contributed by atoms with Gasteiger partial charge in [-0.15, -0.1) is 179 Å². The Morgan fingerprint density at radius 1 is 0.252 bits per heavy atom. The summed E-state index contributed by atoms with van der Waals surface area (Å²) < 4.78 is 58.7. The van der Waals surface area contributed by atoms with E-state index in [1.807, 2.05) is 346 Å². The summed E-state index contributed by atoms with van der Waals surface area (Å²) in [5, 5.41) is 4.31. The fourth-order valence-corrected chi connectivity index (χ4v) is 15.9. The standard InChI is InChI=1S/C18H15Si.5C16H11N2.C12H10B.C6H5Se.CHF3O3S.HI.5Ni/c1-4-10-16(11-5-1)19(17-12-6-2-7-13-17)18-14-8-3-9-15-18;5*1-2-7-13(8-3-1)14-10-6-11-16(18-14)15-9-4-5-12-17-15;1-3-7-11(8-4-1)13-12-9-5-2-6-10-12;7-6-4-2-1-3-5-6;2-1(3,4)8(5,6)7;;;;;;/h1-15H;5*1-7,9-12H;1-10H;1-5H;(H,5,6,7);1H;;;;;/q;5*-1;;;;;;;;;+1/p-1. The average Bonchev–Trinajstić information content (AvgIpc) is 0.822. The van der Waals surface area contributed by atoms with E-state index in [-0.39, 0.29) is 66.0 Å². The maximum absolute atomic E-state index is 10.7. The molecule has 143 heavy (non-hydrogen) atoms. The number of hydrogen-bond donors (Lipinski definition) is 1. The van der Waals surface area contributed by atoms with E-state index < -0.39 is 24.4 Å². The Morgan fingerprint density at radius 3 is 0.594 bits per heavy atom. The molecule has 0 aliphatic carbocycles. The summed E-state index contributed by atoms with van der Waals surface area (Å²) in [6.07, 6.45) is 8.88.